The summed E-state index contributed by atoms with van der Waals surface area (Å²) in [6, 6.07) is 15.7. The van der Waals surface area contributed by atoms with Gasteiger partial charge in [0.2, 0.25) is 0 Å². The van der Waals surface area contributed by atoms with Crippen LogP contribution in [0.3, 0.4) is 0 Å². The molecule has 3 aromatic rings. The van der Waals surface area contributed by atoms with Gasteiger partial charge in [0, 0.05) is 11.0 Å². The minimum absolute atomic E-state index is 0.247. The third kappa shape index (κ3) is 4.42. The molecule has 0 fully saturated rings. The standard InChI is InChI=1S/C19H17BrN4O/c1-13-6-2-3-7-14(13)10-23-19(25)17-11-22-18(12-21-17)24-16-9-5-4-8-15(16)20/h2-9,11-12H,10H2,1H3,(H,22,24)(H,23,25). The summed E-state index contributed by atoms with van der Waals surface area (Å²) in [7, 11) is 0. The molecule has 0 aliphatic rings. The molecule has 126 valence electrons. The van der Waals surface area contributed by atoms with E-state index >= 15 is 0 Å². The van der Waals surface area contributed by atoms with Crippen molar-refractivity contribution in [3.05, 3.63) is 82.2 Å². The third-order valence-electron chi connectivity index (χ3n) is 3.72. The summed E-state index contributed by atoms with van der Waals surface area (Å²) in [5.74, 6) is 0.325. The molecule has 0 radical (unpaired) electrons. The van der Waals surface area contributed by atoms with Gasteiger partial charge >= 0.3 is 0 Å². The van der Waals surface area contributed by atoms with E-state index in [0.717, 1.165) is 21.3 Å². The molecule has 0 bridgehead atoms. The zero-order valence-electron chi connectivity index (χ0n) is 13.7. The lowest BCUT2D eigenvalue weighted by Crippen LogP contribution is -2.24. The van der Waals surface area contributed by atoms with Gasteiger partial charge < -0.3 is 10.6 Å². The highest BCUT2D eigenvalue weighted by Gasteiger charge is 2.09. The van der Waals surface area contributed by atoms with Crippen molar-refractivity contribution in [2.75, 3.05) is 5.32 Å². The van der Waals surface area contributed by atoms with Crippen LogP contribution < -0.4 is 10.6 Å². The second kappa shape index (κ2) is 7.90. The van der Waals surface area contributed by atoms with E-state index in [1.165, 1.54) is 6.20 Å². The van der Waals surface area contributed by atoms with Crippen LogP contribution in [0, 0.1) is 6.92 Å². The van der Waals surface area contributed by atoms with E-state index in [2.05, 4.69) is 36.5 Å². The molecule has 0 saturated heterocycles. The molecule has 25 heavy (non-hydrogen) atoms. The average molecular weight is 397 g/mol. The molecule has 6 heteroatoms. The molecule has 0 saturated carbocycles. The molecule has 0 aliphatic heterocycles. The average Bonchev–Trinajstić information content (AvgIpc) is 2.63. The van der Waals surface area contributed by atoms with E-state index in [-0.39, 0.29) is 11.6 Å². The van der Waals surface area contributed by atoms with Gasteiger partial charge in [-0.2, -0.15) is 0 Å². The predicted molar refractivity (Wildman–Crippen MR) is 102 cm³/mol. The molecule has 1 aromatic heterocycles. The molecule has 0 atom stereocenters. The van der Waals surface area contributed by atoms with E-state index in [0.29, 0.717) is 12.4 Å². The van der Waals surface area contributed by atoms with Gasteiger partial charge in [-0.15, -0.1) is 0 Å². The van der Waals surface area contributed by atoms with E-state index in [4.69, 9.17) is 0 Å². The van der Waals surface area contributed by atoms with Gasteiger partial charge in [-0.25, -0.2) is 9.97 Å². The first-order valence-electron chi connectivity index (χ1n) is 7.80. The lowest BCUT2D eigenvalue weighted by molar-refractivity contribution is 0.0945. The molecule has 0 unspecified atom stereocenters. The number of rotatable bonds is 5. The van der Waals surface area contributed by atoms with Crippen LogP contribution in [0.1, 0.15) is 21.6 Å². The fourth-order valence-corrected chi connectivity index (χ4v) is 2.67. The largest absolute Gasteiger partial charge is 0.347 e. The van der Waals surface area contributed by atoms with Gasteiger partial charge in [-0.3, -0.25) is 4.79 Å². The molecule has 1 amide bonds. The van der Waals surface area contributed by atoms with E-state index < -0.39 is 0 Å². The minimum atomic E-state index is -0.247. The van der Waals surface area contributed by atoms with Crippen LogP contribution in [0.25, 0.3) is 0 Å². The number of anilines is 2. The van der Waals surface area contributed by atoms with Gasteiger partial charge in [-0.1, -0.05) is 36.4 Å². The molecule has 3 rings (SSSR count). The zero-order chi connectivity index (χ0) is 17.6. The van der Waals surface area contributed by atoms with Crippen LogP contribution in [0.5, 0.6) is 0 Å². The number of nitrogens with one attached hydrogen (secondary N) is 2. The number of benzene rings is 2. The SMILES string of the molecule is Cc1ccccc1CNC(=O)c1cnc(Nc2ccccc2Br)cn1. The van der Waals surface area contributed by atoms with Gasteiger partial charge in [0.25, 0.3) is 5.91 Å². The summed E-state index contributed by atoms with van der Waals surface area (Å²) < 4.78 is 0.928. The number of aryl methyl sites for hydroxylation is 1. The van der Waals surface area contributed by atoms with Gasteiger partial charge in [0.1, 0.15) is 11.5 Å². The maximum absolute atomic E-state index is 12.2. The first kappa shape index (κ1) is 17.1. The number of carbonyl (C=O) groups excluding carboxylic acids is 1. The quantitative estimate of drug-likeness (QED) is 0.677. The number of carbonyl (C=O) groups is 1. The highest BCUT2D eigenvalue weighted by Crippen LogP contribution is 2.23. The van der Waals surface area contributed by atoms with Crippen LogP contribution in [0.15, 0.2) is 65.4 Å². The highest BCUT2D eigenvalue weighted by molar-refractivity contribution is 9.10. The Kier molecular flexibility index (Phi) is 5.40. The maximum atomic E-state index is 12.2. The summed E-state index contributed by atoms with van der Waals surface area (Å²) in [5.41, 5.74) is 3.39. The van der Waals surface area contributed by atoms with Gasteiger partial charge in [0.05, 0.1) is 18.1 Å². The molecule has 5 nitrogen and oxygen atoms in total. The molecule has 1 heterocycles. The number of amides is 1. The lowest BCUT2D eigenvalue weighted by Gasteiger charge is -2.09. The fraction of sp³-hybridized carbons (Fsp3) is 0.105. The number of para-hydroxylation sites is 1. The maximum Gasteiger partial charge on any atom is 0.271 e. The van der Waals surface area contributed by atoms with E-state index in [1.54, 1.807) is 6.20 Å². The Bertz CT molecular complexity index is 881. The number of nitrogens with zero attached hydrogens (tertiary/aromatic N) is 2. The smallest absolute Gasteiger partial charge is 0.271 e. The monoisotopic (exact) mass is 396 g/mol. The van der Waals surface area contributed by atoms with Crippen LogP contribution in [-0.4, -0.2) is 15.9 Å². The summed E-state index contributed by atoms with van der Waals surface area (Å²) in [5, 5.41) is 6.02. The Balaban J connectivity index is 1.63. The number of aromatic nitrogens is 2. The van der Waals surface area contributed by atoms with Crippen molar-refractivity contribution in [1.82, 2.24) is 15.3 Å². The van der Waals surface area contributed by atoms with Crippen LogP contribution in [0.2, 0.25) is 0 Å². The van der Waals surface area contributed by atoms with Crippen molar-refractivity contribution >= 4 is 33.3 Å². The normalized spacial score (nSPS) is 10.3. The molecular weight excluding hydrogens is 380 g/mol. The molecule has 2 aromatic carbocycles. The molecule has 2 N–H and O–H groups in total. The van der Waals surface area contributed by atoms with Crippen molar-refractivity contribution in [2.24, 2.45) is 0 Å². The number of halogens is 1. The second-order valence-electron chi connectivity index (χ2n) is 5.50. The van der Waals surface area contributed by atoms with Crippen molar-refractivity contribution in [3.8, 4) is 0 Å². The first-order chi connectivity index (χ1) is 12.1. The Morgan fingerprint density at radius 3 is 2.52 bits per heavy atom. The topological polar surface area (TPSA) is 66.9 Å². The summed E-state index contributed by atoms with van der Waals surface area (Å²) >= 11 is 3.47. The molecule has 0 spiro atoms. The van der Waals surface area contributed by atoms with E-state index in [9.17, 15) is 4.79 Å². The molecular formula is C19H17BrN4O. The highest BCUT2D eigenvalue weighted by atomic mass is 79.9. The Morgan fingerprint density at radius 2 is 1.80 bits per heavy atom. The van der Waals surface area contributed by atoms with Gasteiger partial charge in [0.15, 0.2) is 0 Å². The molecule has 0 aliphatic carbocycles. The van der Waals surface area contributed by atoms with Crippen molar-refractivity contribution in [1.29, 1.82) is 0 Å². The Labute approximate surface area is 154 Å². The summed E-state index contributed by atoms with van der Waals surface area (Å²) in [6.07, 6.45) is 3.01. The number of hydrogen-bond acceptors (Lipinski definition) is 4. The van der Waals surface area contributed by atoms with Gasteiger partial charge in [-0.05, 0) is 46.1 Å². The van der Waals surface area contributed by atoms with E-state index in [1.807, 2.05) is 55.5 Å². The predicted octanol–water partition coefficient (Wildman–Crippen LogP) is 4.22. The van der Waals surface area contributed by atoms with Crippen molar-refractivity contribution < 1.29 is 4.79 Å². The summed E-state index contributed by atoms with van der Waals surface area (Å²) in [4.78, 5) is 20.7. The minimum Gasteiger partial charge on any atom is -0.347 e. The number of hydrogen-bond donors (Lipinski definition) is 2. The second-order valence-corrected chi connectivity index (χ2v) is 6.36. The lowest BCUT2D eigenvalue weighted by atomic mass is 10.1. The van der Waals surface area contributed by atoms with Crippen molar-refractivity contribution in [2.45, 2.75) is 13.5 Å². The third-order valence-corrected chi connectivity index (χ3v) is 4.41. The first-order valence-corrected chi connectivity index (χ1v) is 8.59. The fourth-order valence-electron chi connectivity index (χ4n) is 2.28. The van der Waals surface area contributed by atoms with Crippen LogP contribution in [0.4, 0.5) is 11.5 Å². The van der Waals surface area contributed by atoms with Crippen molar-refractivity contribution in [3.63, 3.8) is 0 Å². The van der Waals surface area contributed by atoms with Crippen LogP contribution in [-0.2, 0) is 6.54 Å². The summed E-state index contributed by atoms with van der Waals surface area (Å²) in [6.45, 7) is 2.48. The Morgan fingerprint density at radius 1 is 1.04 bits per heavy atom. The van der Waals surface area contributed by atoms with Crippen LogP contribution >= 0.6 is 15.9 Å². The zero-order valence-corrected chi connectivity index (χ0v) is 15.2. The Hall–Kier alpha value is -2.73.